The zero-order valence-corrected chi connectivity index (χ0v) is 11.8. The maximum absolute atomic E-state index is 13.0. The van der Waals surface area contributed by atoms with Crippen molar-refractivity contribution in [3.8, 4) is 0 Å². The van der Waals surface area contributed by atoms with Crippen LogP contribution in [-0.4, -0.2) is 11.2 Å². The van der Waals surface area contributed by atoms with Gasteiger partial charge >= 0.3 is 0 Å². The third kappa shape index (κ3) is 5.96. The van der Waals surface area contributed by atoms with Crippen LogP contribution in [0.5, 0.6) is 0 Å². The maximum Gasteiger partial charge on any atom is 0.170 e. The van der Waals surface area contributed by atoms with E-state index in [-0.39, 0.29) is 5.82 Å². The molecule has 0 amide bonds. The van der Waals surface area contributed by atoms with E-state index in [4.69, 9.17) is 12.2 Å². The van der Waals surface area contributed by atoms with Gasteiger partial charge in [-0.15, -0.1) is 0 Å². The van der Waals surface area contributed by atoms with Crippen LogP contribution >= 0.6 is 12.2 Å². The van der Waals surface area contributed by atoms with Gasteiger partial charge in [0, 0.05) is 11.7 Å². The molecule has 0 saturated carbocycles. The summed E-state index contributed by atoms with van der Waals surface area (Å²) < 4.78 is 13.0. The molecule has 0 aliphatic rings. The highest BCUT2D eigenvalue weighted by Gasteiger charge is 2.04. The largest absolute Gasteiger partial charge is 0.360 e. The van der Waals surface area contributed by atoms with Crippen molar-refractivity contribution in [3.63, 3.8) is 0 Å². The fourth-order valence-corrected chi connectivity index (χ4v) is 2.05. The third-order valence-electron chi connectivity index (χ3n) is 2.70. The Labute approximate surface area is 114 Å². The highest BCUT2D eigenvalue weighted by Crippen LogP contribution is 2.09. The summed E-state index contributed by atoms with van der Waals surface area (Å²) in [5.74, 6) is -0.265. The van der Waals surface area contributed by atoms with Crippen LogP contribution < -0.4 is 10.6 Å². The molecule has 1 aromatic rings. The van der Waals surface area contributed by atoms with Gasteiger partial charge in [0.1, 0.15) is 5.82 Å². The predicted octanol–water partition coefficient (Wildman–Crippen LogP) is 4.08. The fourth-order valence-electron chi connectivity index (χ4n) is 1.73. The van der Waals surface area contributed by atoms with Gasteiger partial charge in [0.25, 0.3) is 0 Å². The van der Waals surface area contributed by atoms with E-state index in [2.05, 4.69) is 24.5 Å². The second-order valence-corrected chi connectivity index (χ2v) is 4.91. The Hall–Kier alpha value is -1.16. The first-order chi connectivity index (χ1) is 8.61. The molecule has 4 heteroatoms. The Kier molecular flexibility index (Phi) is 6.65. The van der Waals surface area contributed by atoms with Crippen molar-refractivity contribution in [1.29, 1.82) is 0 Å². The zero-order chi connectivity index (χ0) is 13.4. The molecule has 0 heterocycles. The van der Waals surface area contributed by atoms with Crippen LogP contribution in [0.3, 0.4) is 0 Å². The molecule has 1 aromatic carbocycles. The number of thiocarbonyl (C=S) groups is 1. The van der Waals surface area contributed by atoms with Gasteiger partial charge in [-0.1, -0.05) is 32.3 Å². The molecule has 0 aliphatic carbocycles. The zero-order valence-electron chi connectivity index (χ0n) is 11.0. The molecular weight excluding hydrogens is 247 g/mol. The van der Waals surface area contributed by atoms with Gasteiger partial charge in [-0.3, -0.25) is 0 Å². The Morgan fingerprint density at radius 1 is 1.39 bits per heavy atom. The summed E-state index contributed by atoms with van der Waals surface area (Å²) in [7, 11) is 0. The van der Waals surface area contributed by atoms with Gasteiger partial charge in [-0.2, -0.15) is 0 Å². The molecule has 0 bridgehead atoms. The second kappa shape index (κ2) is 8.03. The fraction of sp³-hybridized carbons (Fsp3) is 0.500. The number of nitrogens with one attached hydrogen (secondary N) is 2. The predicted molar refractivity (Wildman–Crippen MR) is 79.4 cm³/mol. The SMILES string of the molecule is CCCCCC(C)NC(=S)Nc1cccc(F)c1. The summed E-state index contributed by atoms with van der Waals surface area (Å²) in [6.07, 6.45) is 4.76. The highest BCUT2D eigenvalue weighted by atomic mass is 32.1. The molecule has 0 aromatic heterocycles. The van der Waals surface area contributed by atoms with Crippen molar-refractivity contribution in [1.82, 2.24) is 5.32 Å². The summed E-state index contributed by atoms with van der Waals surface area (Å²) in [5, 5.41) is 6.73. The Morgan fingerprint density at radius 2 is 2.17 bits per heavy atom. The van der Waals surface area contributed by atoms with Gasteiger partial charge in [0.15, 0.2) is 5.11 Å². The molecule has 2 N–H and O–H groups in total. The number of hydrogen-bond acceptors (Lipinski definition) is 1. The molecule has 0 aliphatic heterocycles. The van der Waals surface area contributed by atoms with Gasteiger partial charge in [0.05, 0.1) is 0 Å². The molecule has 0 spiro atoms. The van der Waals surface area contributed by atoms with Crippen LogP contribution in [0.2, 0.25) is 0 Å². The molecule has 0 saturated heterocycles. The van der Waals surface area contributed by atoms with Crippen LogP contribution in [0.1, 0.15) is 39.5 Å². The lowest BCUT2D eigenvalue weighted by Gasteiger charge is -2.16. The van der Waals surface area contributed by atoms with Crippen LogP contribution in [0, 0.1) is 5.82 Å². The van der Waals surface area contributed by atoms with E-state index < -0.39 is 0 Å². The van der Waals surface area contributed by atoms with Crippen LogP contribution in [0.25, 0.3) is 0 Å². The quantitative estimate of drug-likeness (QED) is 0.600. The summed E-state index contributed by atoms with van der Waals surface area (Å²) in [6.45, 7) is 4.30. The first kappa shape index (κ1) is 14.9. The van der Waals surface area contributed by atoms with Gasteiger partial charge in [-0.25, -0.2) is 4.39 Å². The van der Waals surface area contributed by atoms with E-state index in [1.165, 1.54) is 31.4 Å². The average molecular weight is 268 g/mol. The van der Waals surface area contributed by atoms with E-state index in [1.54, 1.807) is 12.1 Å². The molecule has 100 valence electrons. The Morgan fingerprint density at radius 3 is 2.83 bits per heavy atom. The molecule has 0 fully saturated rings. The van der Waals surface area contributed by atoms with Crippen molar-refractivity contribution in [2.75, 3.05) is 5.32 Å². The van der Waals surface area contributed by atoms with E-state index >= 15 is 0 Å². The Balaban J connectivity index is 2.32. The van der Waals surface area contributed by atoms with E-state index in [0.717, 1.165) is 6.42 Å². The summed E-state index contributed by atoms with van der Waals surface area (Å²) in [4.78, 5) is 0. The number of halogens is 1. The standard InChI is InChI=1S/C14H21FN2S/c1-3-4-5-7-11(2)16-14(18)17-13-9-6-8-12(15)10-13/h6,8-11H,3-5,7H2,1-2H3,(H2,16,17,18). The lowest BCUT2D eigenvalue weighted by molar-refractivity contribution is 0.556. The summed E-state index contributed by atoms with van der Waals surface area (Å²) in [5.41, 5.74) is 0.674. The molecule has 18 heavy (non-hydrogen) atoms. The smallest absolute Gasteiger partial charge is 0.170 e. The van der Waals surface area contributed by atoms with E-state index in [0.29, 0.717) is 16.8 Å². The lowest BCUT2D eigenvalue weighted by Crippen LogP contribution is -2.35. The van der Waals surface area contributed by atoms with Crippen molar-refractivity contribution in [3.05, 3.63) is 30.1 Å². The molecule has 0 radical (unpaired) electrons. The van der Waals surface area contributed by atoms with Gasteiger partial charge < -0.3 is 10.6 Å². The lowest BCUT2D eigenvalue weighted by atomic mass is 10.1. The number of unbranched alkanes of at least 4 members (excludes halogenated alkanes) is 2. The first-order valence-corrected chi connectivity index (χ1v) is 6.85. The Bertz CT molecular complexity index is 382. The number of hydrogen-bond donors (Lipinski definition) is 2. The van der Waals surface area contributed by atoms with Crippen molar-refractivity contribution in [2.24, 2.45) is 0 Å². The molecule has 1 atom stereocenters. The number of benzene rings is 1. The highest BCUT2D eigenvalue weighted by molar-refractivity contribution is 7.80. The minimum Gasteiger partial charge on any atom is -0.360 e. The summed E-state index contributed by atoms with van der Waals surface area (Å²) in [6, 6.07) is 6.62. The third-order valence-corrected chi connectivity index (χ3v) is 2.92. The molecule has 1 rings (SSSR count). The van der Waals surface area contributed by atoms with E-state index in [9.17, 15) is 4.39 Å². The van der Waals surface area contributed by atoms with Crippen molar-refractivity contribution < 1.29 is 4.39 Å². The minimum absolute atomic E-state index is 0.265. The topological polar surface area (TPSA) is 24.1 Å². The van der Waals surface area contributed by atoms with Gasteiger partial charge in [0.2, 0.25) is 0 Å². The van der Waals surface area contributed by atoms with Crippen LogP contribution in [0.4, 0.5) is 10.1 Å². The maximum atomic E-state index is 13.0. The molecule has 1 unspecified atom stereocenters. The van der Waals surface area contributed by atoms with Gasteiger partial charge in [-0.05, 0) is 43.8 Å². The minimum atomic E-state index is -0.265. The van der Waals surface area contributed by atoms with Crippen LogP contribution in [0.15, 0.2) is 24.3 Å². The number of anilines is 1. The monoisotopic (exact) mass is 268 g/mol. The summed E-state index contributed by atoms with van der Waals surface area (Å²) >= 11 is 5.19. The second-order valence-electron chi connectivity index (χ2n) is 4.51. The normalized spacial score (nSPS) is 11.9. The van der Waals surface area contributed by atoms with Crippen molar-refractivity contribution in [2.45, 2.75) is 45.6 Å². The number of rotatable bonds is 6. The molecule has 2 nitrogen and oxygen atoms in total. The van der Waals surface area contributed by atoms with Crippen molar-refractivity contribution >= 4 is 23.0 Å². The molecular formula is C14H21FN2S. The average Bonchev–Trinajstić information content (AvgIpc) is 2.29. The van der Waals surface area contributed by atoms with E-state index in [1.807, 2.05) is 0 Å². The van der Waals surface area contributed by atoms with Crippen LogP contribution in [-0.2, 0) is 0 Å². The first-order valence-electron chi connectivity index (χ1n) is 6.45.